The molecule has 8 atom stereocenters. The lowest BCUT2D eigenvalue weighted by Crippen LogP contribution is -2.65. The predicted octanol–water partition coefficient (Wildman–Crippen LogP) is 5.57. The van der Waals surface area contributed by atoms with Gasteiger partial charge in [-0.05, 0) is 72.3 Å². The fourth-order valence-corrected chi connectivity index (χ4v) is 9.44. The van der Waals surface area contributed by atoms with Gasteiger partial charge in [0.2, 0.25) is 11.8 Å². The molecule has 40 heavy (non-hydrogen) atoms. The molecule has 6 heteroatoms. The Morgan fingerprint density at radius 1 is 0.925 bits per heavy atom. The maximum absolute atomic E-state index is 14.2. The van der Waals surface area contributed by atoms with Crippen molar-refractivity contribution in [1.29, 1.82) is 0 Å². The van der Waals surface area contributed by atoms with Gasteiger partial charge in [0, 0.05) is 31.2 Å². The Bertz CT molecular complexity index is 1230. The molecule has 3 saturated carbocycles. The van der Waals surface area contributed by atoms with Gasteiger partial charge >= 0.3 is 5.97 Å². The molecule has 1 saturated heterocycles. The highest BCUT2D eigenvalue weighted by atomic mass is 16.5. The van der Waals surface area contributed by atoms with Crippen molar-refractivity contribution in [3.05, 3.63) is 71.8 Å². The van der Waals surface area contributed by atoms with E-state index >= 15 is 0 Å². The van der Waals surface area contributed by atoms with Crippen LogP contribution in [0.4, 0.5) is 0 Å². The number of carbonyl (C=O) groups is 3. The van der Waals surface area contributed by atoms with Crippen LogP contribution in [0.15, 0.2) is 60.7 Å². The van der Waals surface area contributed by atoms with E-state index in [1.54, 1.807) is 0 Å². The summed E-state index contributed by atoms with van der Waals surface area (Å²) in [7, 11) is 0. The summed E-state index contributed by atoms with van der Waals surface area (Å²) >= 11 is 0. The van der Waals surface area contributed by atoms with Crippen LogP contribution in [0, 0.1) is 34.5 Å². The van der Waals surface area contributed by atoms with E-state index in [1.807, 2.05) is 36.4 Å². The highest BCUT2D eigenvalue weighted by Gasteiger charge is 2.65. The maximum Gasteiger partial charge on any atom is 0.302 e. The second kappa shape index (κ2) is 10.4. The Hall–Kier alpha value is -3.15. The first kappa shape index (κ1) is 27.0. The van der Waals surface area contributed by atoms with Crippen LogP contribution in [-0.4, -0.2) is 29.9 Å². The average molecular weight is 543 g/mol. The number of piperidine rings is 1. The lowest BCUT2D eigenvalue weighted by Gasteiger charge is -2.62. The minimum Gasteiger partial charge on any atom is -0.462 e. The normalized spacial score (nSPS) is 36.5. The van der Waals surface area contributed by atoms with Crippen molar-refractivity contribution < 1.29 is 19.1 Å². The van der Waals surface area contributed by atoms with Crippen LogP contribution in [-0.2, 0) is 19.1 Å². The van der Waals surface area contributed by atoms with Crippen LogP contribution in [0.5, 0.6) is 0 Å². The molecule has 4 aliphatic rings. The van der Waals surface area contributed by atoms with Crippen LogP contribution >= 0.6 is 0 Å². The Morgan fingerprint density at radius 2 is 1.57 bits per heavy atom. The standard InChI is InChI=1S/C34H42N2O4/c1-21(37)40-27-20-34(3)25(24-14-17-28-33(2,30(24)27)19-18-29(38)35-28)15-16-26(34)32(39)36-31(22-10-6-4-7-11-22)23-12-8-5-9-13-23/h4-13,24-28,30-31H,14-20H2,1-3H3,(H,35,38)(H,36,39)/t24-,25-,26+,27+,28+,30+,33-,34-/m0/s1. The van der Waals surface area contributed by atoms with Gasteiger partial charge in [-0.2, -0.15) is 0 Å². The van der Waals surface area contributed by atoms with Crippen molar-refractivity contribution in [2.75, 3.05) is 0 Å². The quantitative estimate of drug-likeness (QED) is 0.484. The van der Waals surface area contributed by atoms with Crippen LogP contribution in [0.3, 0.4) is 0 Å². The second-order valence-electron chi connectivity index (χ2n) is 13.3. The topological polar surface area (TPSA) is 84.5 Å². The molecule has 2 amide bonds. The first-order chi connectivity index (χ1) is 19.2. The van der Waals surface area contributed by atoms with Crippen molar-refractivity contribution in [3.8, 4) is 0 Å². The molecule has 6 nitrogen and oxygen atoms in total. The molecule has 1 heterocycles. The van der Waals surface area contributed by atoms with Gasteiger partial charge in [0.25, 0.3) is 0 Å². The van der Waals surface area contributed by atoms with Gasteiger partial charge in [-0.3, -0.25) is 14.4 Å². The molecule has 1 aliphatic heterocycles. The van der Waals surface area contributed by atoms with E-state index in [9.17, 15) is 14.4 Å². The largest absolute Gasteiger partial charge is 0.462 e. The number of esters is 1. The van der Waals surface area contributed by atoms with E-state index in [0.29, 0.717) is 24.7 Å². The van der Waals surface area contributed by atoms with Gasteiger partial charge in [0.05, 0.1) is 6.04 Å². The Balaban J connectivity index is 1.30. The molecule has 0 spiro atoms. The summed E-state index contributed by atoms with van der Waals surface area (Å²) in [5.74, 6) is 0.768. The number of fused-ring (bicyclic) bond motifs is 5. The van der Waals surface area contributed by atoms with Gasteiger partial charge in [-0.15, -0.1) is 0 Å². The molecule has 3 aliphatic carbocycles. The van der Waals surface area contributed by atoms with Crippen molar-refractivity contribution in [2.45, 2.75) is 83.9 Å². The van der Waals surface area contributed by atoms with Crippen molar-refractivity contribution in [3.63, 3.8) is 0 Å². The monoisotopic (exact) mass is 542 g/mol. The number of benzene rings is 2. The third-order valence-corrected chi connectivity index (χ3v) is 11.2. The summed E-state index contributed by atoms with van der Waals surface area (Å²) in [5, 5.41) is 6.71. The van der Waals surface area contributed by atoms with Crippen LogP contribution < -0.4 is 10.6 Å². The number of ether oxygens (including phenoxy) is 1. The number of hydrogen-bond acceptors (Lipinski definition) is 4. The van der Waals surface area contributed by atoms with Crippen LogP contribution in [0.1, 0.15) is 82.9 Å². The van der Waals surface area contributed by atoms with E-state index in [2.05, 4.69) is 48.7 Å². The zero-order chi connectivity index (χ0) is 28.1. The number of hydrogen-bond donors (Lipinski definition) is 2. The summed E-state index contributed by atoms with van der Waals surface area (Å²) in [5.41, 5.74) is 1.76. The smallest absolute Gasteiger partial charge is 0.302 e. The molecule has 0 aromatic heterocycles. The zero-order valence-electron chi connectivity index (χ0n) is 23.9. The van der Waals surface area contributed by atoms with Crippen molar-refractivity contribution in [1.82, 2.24) is 10.6 Å². The average Bonchev–Trinajstić information content (AvgIpc) is 3.29. The van der Waals surface area contributed by atoms with E-state index in [4.69, 9.17) is 4.74 Å². The number of rotatable bonds is 5. The van der Waals surface area contributed by atoms with E-state index in [0.717, 1.165) is 43.2 Å². The lowest BCUT2D eigenvalue weighted by atomic mass is 9.46. The van der Waals surface area contributed by atoms with Crippen LogP contribution in [0.25, 0.3) is 0 Å². The molecule has 0 unspecified atom stereocenters. The Morgan fingerprint density at radius 3 is 2.20 bits per heavy atom. The van der Waals surface area contributed by atoms with Crippen LogP contribution in [0.2, 0.25) is 0 Å². The van der Waals surface area contributed by atoms with Crippen molar-refractivity contribution >= 4 is 17.8 Å². The molecular weight excluding hydrogens is 500 g/mol. The number of nitrogens with one attached hydrogen (secondary N) is 2. The molecular formula is C34H42N2O4. The maximum atomic E-state index is 14.2. The van der Waals surface area contributed by atoms with Gasteiger partial charge in [0.1, 0.15) is 6.10 Å². The summed E-state index contributed by atoms with van der Waals surface area (Å²) in [6.07, 6.45) is 5.58. The molecule has 212 valence electrons. The number of carbonyl (C=O) groups excluding carboxylic acids is 3. The highest BCUT2D eigenvalue weighted by Crippen LogP contribution is 2.66. The van der Waals surface area contributed by atoms with Gasteiger partial charge in [-0.1, -0.05) is 74.5 Å². The van der Waals surface area contributed by atoms with Gasteiger partial charge in [0.15, 0.2) is 0 Å². The summed E-state index contributed by atoms with van der Waals surface area (Å²) < 4.78 is 6.14. The fraction of sp³-hybridized carbons (Fsp3) is 0.559. The first-order valence-electron chi connectivity index (χ1n) is 15.1. The third kappa shape index (κ3) is 4.53. The summed E-state index contributed by atoms with van der Waals surface area (Å²) in [4.78, 5) is 38.9. The van der Waals surface area contributed by atoms with Gasteiger partial charge < -0.3 is 15.4 Å². The predicted molar refractivity (Wildman–Crippen MR) is 153 cm³/mol. The minimum atomic E-state index is -0.261. The molecule has 0 radical (unpaired) electrons. The zero-order valence-corrected chi connectivity index (χ0v) is 23.9. The summed E-state index contributed by atoms with van der Waals surface area (Å²) in [6, 6.07) is 20.2. The van der Waals surface area contributed by atoms with Gasteiger partial charge in [-0.25, -0.2) is 0 Å². The molecule has 4 fully saturated rings. The molecule has 6 rings (SSSR count). The highest BCUT2D eigenvalue weighted by molar-refractivity contribution is 5.81. The molecule has 0 bridgehead atoms. The summed E-state index contributed by atoms with van der Waals surface area (Å²) in [6.45, 7) is 6.08. The lowest BCUT2D eigenvalue weighted by molar-refractivity contribution is -0.189. The van der Waals surface area contributed by atoms with E-state index in [-0.39, 0.29) is 58.6 Å². The Labute approximate surface area is 237 Å². The molecule has 2 aromatic carbocycles. The van der Waals surface area contributed by atoms with Crippen molar-refractivity contribution in [2.24, 2.45) is 34.5 Å². The van der Waals surface area contributed by atoms with E-state index in [1.165, 1.54) is 6.92 Å². The molecule has 2 aromatic rings. The number of amides is 2. The molecule has 2 N–H and O–H groups in total. The second-order valence-corrected chi connectivity index (χ2v) is 13.3. The SMILES string of the molecule is CC(=O)O[C@@H]1C[C@]2(C)[C@@H](C(=O)NC(c3ccccc3)c3ccccc3)CC[C@H]2[C@@H]2CC[C@H]3NC(=O)CC[C@]3(C)[C@H]21. The third-order valence-electron chi connectivity index (χ3n) is 11.2. The fourth-order valence-electron chi connectivity index (χ4n) is 9.44. The Kier molecular flexibility index (Phi) is 7.00. The first-order valence-corrected chi connectivity index (χ1v) is 15.1. The van der Waals surface area contributed by atoms with E-state index < -0.39 is 0 Å². The minimum absolute atomic E-state index is 0.0903.